The van der Waals surface area contributed by atoms with E-state index in [2.05, 4.69) is 5.32 Å². The van der Waals surface area contributed by atoms with Crippen LogP contribution in [0, 0.1) is 0 Å². The first kappa shape index (κ1) is 19.5. The molecule has 0 spiro atoms. The van der Waals surface area contributed by atoms with Gasteiger partial charge < -0.3 is 4.74 Å². The predicted octanol–water partition coefficient (Wildman–Crippen LogP) is 4.51. The van der Waals surface area contributed by atoms with E-state index in [1.165, 1.54) is 4.90 Å². The first-order chi connectivity index (χ1) is 13.6. The number of hydrogen-bond acceptors (Lipinski definition) is 4. The number of anilines is 1. The van der Waals surface area contributed by atoms with Gasteiger partial charge in [0.15, 0.2) is 5.11 Å². The fourth-order valence-corrected chi connectivity index (χ4v) is 2.96. The molecule has 0 bridgehead atoms. The van der Waals surface area contributed by atoms with Crippen LogP contribution in [-0.4, -0.2) is 16.9 Å². The van der Waals surface area contributed by atoms with Crippen LogP contribution < -0.4 is 15.0 Å². The molecular formula is C22H20N2O3S. The van der Waals surface area contributed by atoms with Crippen LogP contribution in [0.15, 0.2) is 78.4 Å². The zero-order valence-corrected chi connectivity index (χ0v) is 16.2. The van der Waals surface area contributed by atoms with Crippen LogP contribution >= 0.6 is 12.2 Å². The SMILES string of the molecule is CC/C=C/C/C=C1\C(=O)NC(=S)N(c2ccc(Oc3ccccc3)cc2)C1=O. The van der Waals surface area contributed by atoms with E-state index in [1.54, 1.807) is 30.3 Å². The molecule has 0 atom stereocenters. The zero-order chi connectivity index (χ0) is 19.9. The van der Waals surface area contributed by atoms with Gasteiger partial charge in [0.2, 0.25) is 0 Å². The van der Waals surface area contributed by atoms with Crippen molar-refractivity contribution in [2.45, 2.75) is 19.8 Å². The predicted molar refractivity (Wildman–Crippen MR) is 113 cm³/mol. The van der Waals surface area contributed by atoms with E-state index in [0.29, 0.717) is 17.9 Å². The van der Waals surface area contributed by atoms with Gasteiger partial charge in [0.25, 0.3) is 11.8 Å². The van der Waals surface area contributed by atoms with Gasteiger partial charge in [-0.15, -0.1) is 0 Å². The number of para-hydroxylation sites is 1. The van der Waals surface area contributed by atoms with Crippen molar-refractivity contribution < 1.29 is 14.3 Å². The van der Waals surface area contributed by atoms with Gasteiger partial charge in [-0.25, -0.2) is 0 Å². The van der Waals surface area contributed by atoms with Crippen molar-refractivity contribution in [2.75, 3.05) is 4.90 Å². The zero-order valence-electron chi connectivity index (χ0n) is 15.4. The summed E-state index contributed by atoms with van der Waals surface area (Å²) in [5.41, 5.74) is 0.643. The van der Waals surface area contributed by atoms with Crippen LogP contribution in [0.25, 0.3) is 0 Å². The van der Waals surface area contributed by atoms with Gasteiger partial charge in [0.1, 0.15) is 17.1 Å². The van der Waals surface area contributed by atoms with Crippen molar-refractivity contribution in [3.63, 3.8) is 0 Å². The van der Waals surface area contributed by atoms with Crippen molar-refractivity contribution in [2.24, 2.45) is 0 Å². The Hall–Kier alpha value is -3.25. The van der Waals surface area contributed by atoms with Crippen molar-refractivity contribution in [1.82, 2.24) is 5.32 Å². The van der Waals surface area contributed by atoms with Crippen LogP contribution in [0.3, 0.4) is 0 Å². The van der Waals surface area contributed by atoms with E-state index in [0.717, 1.165) is 12.2 Å². The Morgan fingerprint density at radius 3 is 2.36 bits per heavy atom. The third-order valence-corrected chi connectivity index (χ3v) is 4.32. The Morgan fingerprint density at radius 1 is 1.00 bits per heavy atom. The van der Waals surface area contributed by atoms with Crippen LogP contribution in [0.2, 0.25) is 0 Å². The van der Waals surface area contributed by atoms with Crippen molar-refractivity contribution >= 4 is 34.8 Å². The minimum Gasteiger partial charge on any atom is -0.457 e. The topological polar surface area (TPSA) is 58.6 Å². The fraction of sp³-hybridized carbons (Fsp3) is 0.136. The van der Waals surface area contributed by atoms with E-state index in [-0.39, 0.29) is 10.7 Å². The molecule has 28 heavy (non-hydrogen) atoms. The number of ether oxygens (including phenoxy) is 1. The Morgan fingerprint density at radius 2 is 1.68 bits per heavy atom. The summed E-state index contributed by atoms with van der Waals surface area (Å²) in [6.07, 6.45) is 6.92. The molecule has 1 heterocycles. The van der Waals surface area contributed by atoms with Gasteiger partial charge in [-0.2, -0.15) is 0 Å². The Bertz CT molecular complexity index is 934. The van der Waals surface area contributed by atoms with E-state index < -0.39 is 11.8 Å². The summed E-state index contributed by atoms with van der Waals surface area (Å²) in [5.74, 6) is 0.447. The maximum absolute atomic E-state index is 12.8. The largest absolute Gasteiger partial charge is 0.457 e. The second-order valence-electron chi connectivity index (χ2n) is 6.04. The maximum atomic E-state index is 12.8. The molecule has 6 heteroatoms. The summed E-state index contributed by atoms with van der Waals surface area (Å²) < 4.78 is 5.76. The molecule has 2 amide bonds. The summed E-state index contributed by atoms with van der Waals surface area (Å²) in [7, 11) is 0. The minimum atomic E-state index is -0.472. The quantitative estimate of drug-likeness (QED) is 0.340. The average Bonchev–Trinajstić information content (AvgIpc) is 2.69. The third-order valence-electron chi connectivity index (χ3n) is 4.04. The lowest BCUT2D eigenvalue weighted by atomic mass is 10.1. The monoisotopic (exact) mass is 392 g/mol. The third kappa shape index (κ3) is 4.53. The number of amides is 2. The number of hydrogen-bond donors (Lipinski definition) is 1. The molecule has 1 aliphatic heterocycles. The number of carbonyl (C=O) groups is 2. The van der Waals surface area contributed by atoms with Gasteiger partial charge >= 0.3 is 0 Å². The van der Waals surface area contributed by atoms with Crippen molar-refractivity contribution in [1.29, 1.82) is 0 Å². The van der Waals surface area contributed by atoms with Gasteiger partial charge in [0, 0.05) is 0 Å². The van der Waals surface area contributed by atoms with Crippen molar-refractivity contribution in [3.8, 4) is 11.5 Å². The van der Waals surface area contributed by atoms with E-state index in [4.69, 9.17) is 17.0 Å². The minimum absolute atomic E-state index is 0.0629. The van der Waals surface area contributed by atoms with Crippen molar-refractivity contribution in [3.05, 3.63) is 78.4 Å². The number of benzene rings is 2. The number of nitrogens with one attached hydrogen (secondary N) is 1. The highest BCUT2D eigenvalue weighted by Crippen LogP contribution is 2.26. The van der Waals surface area contributed by atoms with E-state index in [1.807, 2.05) is 49.4 Å². The summed E-state index contributed by atoms with van der Waals surface area (Å²) in [6, 6.07) is 16.4. The van der Waals surface area contributed by atoms with Gasteiger partial charge in [0.05, 0.1) is 5.69 Å². The second-order valence-corrected chi connectivity index (χ2v) is 6.43. The highest BCUT2D eigenvalue weighted by atomic mass is 32.1. The lowest BCUT2D eigenvalue weighted by molar-refractivity contribution is -0.122. The summed E-state index contributed by atoms with van der Waals surface area (Å²) in [4.78, 5) is 26.3. The molecule has 5 nitrogen and oxygen atoms in total. The molecule has 2 aromatic carbocycles. The second kappa shape index (κ2) is 9.10. The molecular weight excluding hydrogens is 372 g/mol. The van der Waals surface area contributed by atoms with E-state index in [9.17, 15) is 9.59 Å². The highest BCUT2D eigenvalue weighted by Gasteiger charge is 2.34. The Balaban J connectivity index is 1.79. The van der Waals surface area contributed by atoms with Crippen LogP contribution in [0.4, 0.5) is 5.69 Å². The lowest BCUT2D eigenvalue weighted by Gasteiger charge is -2.29. The molecule has 0 unspecified atom stereocenters. The number of allylic oxidation sites excluding steroid dienone is 3. The van der Waals surface area contributed by atoms with Gasteiger partial charge in [-0.05, 0) is 61.5 Å². The van der Waals surface area contributed by atoms with Crippen LogP contribution in [-0.2, 0) is 9.59 Å². The summed E-state index contributed by atoms with van der Waals surface area (Å²) >= 11 is 5.21. The fourth-order valence-electron chi connectivity index (χ4n) is 2.68. The van der Waals surface area contributed by atoms with Crippen LogP contribution in [0.5, 0.6) is 11.5 Å². The van der Waals surface area contributed by atoms with Crippen LogP contribution in [0.1, 0.15) is 19.8 Å². The molecule has 3 rings (SSSR count). The molecule has 0 aromatic heterocycles. The average molecular weight is 392 g/mol. The Kier molecular flexibility index (Phi) is 6.34. The number of nitrogens with zero attached hydrogens (tertiary/aromatic N) is 1. The molecule has 1 fully saturated rings. The van der Waals surface area contributed by atoms with E-state index >= 15 is 0 Å². The molecule has 2 aromatic rings. The summed E-state index contributed by atoms with van der Waals surface area (Å²) in [5, 5.41) is 2.64. The normalized spacial score (nSPS) is 16.0. The molecule has 142 valence electrons. The van der Waals surface area contributed by atoms with Gasteiger partial charge in [-0.3, -0.25) is 19.8 Å². The standard InChI is InChI=1S/C22H20N2O3S/c1-2-3-4-8-11-19-20(25)23-22(28)24(21(19)26)16-12-14-18(15-13-16)27-17-9-6-5-7-10-17/h3-7,9-15H,2,8H2,1H3,(H,23,25,28)/b4-3+,19-11+. The molecule has 1 saturated heterocycles. The summed E-state index contributed by atoms with van der Waals surface area (Å²) in [6.45, 7) is 2.02. The maximum Gasteiger partial charge on any atom is 0.269 e. The molecule has 1 N–H and O–H groups in total. The Labute approximate surface area is 169 Å². The molecule has 0 saturated carbocycles. The molecule has 0 aliphatic carbocycles. The smallest absolute Gasteiger partial charge is 0.269 e. The lowest BCUT2D eigenvalue weighted by Crippen LogP contribution is -2.54. The van der Waals surface area contributed by atoms with Gasteiger partial charge in [-0.1, -0.05) is 43.4 Å². The first-order valence-corrected chi connectivity index (χ1v) is 9.39. The molecule has 0 radical (unpaired) electrons. The first-order valence-electron chi connectivity index (χ1n) is 8.98. The number of thiocarbonyl (C=S) groups is 1. The number of carbonyl (C=O) groups excluding carboxylic acids is 2. The number of rotatable bonds is 6. The highest BCUT2D eigenvalue weighted by molar-refractivity contribution is 7.80. The molecule has 1 aliphatic rings.